The van der Waals surface area contributed by atoms with Crippen molar-refractivity contribution >= 4 is 17.7 Å². The summed E-state index contributed by atoms with van der Waals surface area (Å²) in [5.41, 5.74) is 9.59. The molecule has 2 heterocycles. The van der Waals surface area contributed by atoms with Gasteiger partial charge in [-0.05, 0) is 63.4 Å². The highest BCUT2D eigenvalue weighted by atomic mass is 16.5. The van der Waals surface area contributed by atoms with Gasteiger partial charge in [-0.15, -0.1) is 0 Å². The summed E-state index contributed by atoms with van der Waals surface area (Å²) in [5.74, 6) is 1.15. The van der Waals surface area contributed by atoms with Gasteiger partial charge in [0.05, 0.1) is 19.1 Å². The molecule has 0 amide bonds. The monoisotopic (exact) mass is 455 g/mol. The lowest BCUT2D eigenvalue weighted by molar-refractivity contribution is -0.144. The van der Waals surface area contributed by atoms with Crippen LogP contribution >= 0.6 is 0 Å². The Morgan fingerprint density at radius 3 is 2.58 bits per heavy atom. The smallest absolute Gasteiger partial charge is 0.310 e. The molecule has 1 saturated heterocycles. The minimum absolute atomic E-state index is 0.176. The molecule has 0 bridgehead atoms. The first-order valence-electron chi connectivity index (χ1n) is 11.8. The summed E-state index contributed by atoms with van der Waals surface area (Å²) in [5, 5.41) is 13.1. The summed E-state index contributed by atoms with van der Waals surface area (Å²) in [6, 6.07) is 7.96. The fourth-order valence-electron chi connectivity index (χ4n) is 3.97. The molecule has 3 rings (SSSR count). The molecule has 2 aromatic rings. The molecule has 33 heavy (non-hydrogen) atoms. The number of ether oxygens (including phenoxy) is 1. The first kappa shape index (κ1) is 24.9. The average molecular weight is 456 g/mol. The number of aliphatic hydroxyl groups is 1. The van der Waals surface area contributed by atoms with Crippen molar-refractivity contribution in [1.29, 1.82) is 0 Å². The Morgan fingerprint density at radius 2 is 1.91 bits per heavy atom. The third-order valence-electron chi connectivity index (χ3n) is 6.28. The van der Waals surface area contributed by atoms with Crippen molar-refractivity contribution in [2.24, 2.45) is 5.92 Å². The second kappa shape index (κ2) is 12.0. The zero-order valence-electron chi connectivity index (χ0n) is 20.0. The summed E-state index contributed by atoms with van der Waals surface area (Å²) >= 11 is 0. The maximum Gasteiger partial charge on any atom is 0.310 e. The Balaban J connectivity index is 1.56. The lowest BCUT2D eigenvalue weighted by atomic mass is 9.98. The molecule has 1 aromatic carbocycles. The van der Waals surface area contributed by atoms with E-state index < -0.39 is 6.10 Å². The number of aromatic nitrogens is 2. The van der Waals surface area contributed by atoms with Crippen molar-refractivity contribution in [1.82, 2.24) is 14.9 Å². The Labute approximate surface area is 196 Å². The molecule has 1 fully saturated rings. The highest BCUT2D eigenvalue weighted by Crippen LogP contribution is 2.22. The van der Waals surface area contributed by atoms with Gasteiger partial charge in [0.25, 0.3) is 0 Å². The molecule has 0 spiro atoms. The molecule has 0 radical (unpaired) electrons. The van der Waals surface area contributed by atoms with Crippen molar-refractivity contribution in [2.45, 2.75) is 52.1 Å². The highest BCUT2D eigenvalue weighted by Gasteiger charge is 2.18. The van der Waals surface area contributed by atoms with Crippen LogP contribution in [0.5, 0.6) is 0 Å². The topological polar surface area (TPSA) is 114 Å². The number of nitrogens with one attached hydrogen (secondary N) is 1. The van der Waals surface area contributed by atoms with Crippen molar-refractivity contribution < 1.29 is 14.6 Å². The Morgan fingerprint density at radius 1 is 1.24 bits per heavy atom. The van der Waals surface area contributed by atoms with Crippen LogP contribution in [0.25, 0.3) is 0 Å². The number of carbonyl (C=O) groups excluding carboxylic acids is 1. The molecule has 0 aliphatic carbocycles. The van der Waals surface area contributed by atoms with Crippen LogP contribution < -0.4 is 11.1 Å². The molecule has 8 heteroatoms. The van der Waals surface area contributed by atoms with Crippen molar-refractivity contribution in [3.8, 4) is 0 Å². The van der Waals surface area contributed by atoms with Crippen molar-refractivity contribution in [2.75, 3.05) is 44.3 Å². The highest BCUT2D eigenvalue weighted by molar-refractivity contribution is 5.72. The van der Waals surface area contributed by atoms with E-state index in [9.17, 15) is 9.90 Å². The number of nitrogens with two attached hydrogens (primary N) is 1. The van der Waals surface area contributed by atoms with Crippen LogP contribution in [0.15, 0.2) is 24.3 Å². The van der Waals surface area contributed by atoms with E-state index in [1.807, 2.05) is 38.1 Å². The Kier molecular flexibility index (Phi) is 9.03. The molecule has 0 saturated carbocycles. The van der Waals surface area contributed by atoms with Gasteiger partial charge in [-0.2, -0.15) is 4.98 Å². The van der Waals surface area contributed by atoms with Crippen LogP contribution in [0, 0.1) is 12.8 Å². The molecule has 180 valence electrons. The fourth-order valence-corrected chi connectivity index (χ4v) is 3.97. The minimum Gasteiger partial charge on any atom is -0.465 e. The maximum absolute atomic E-state index is 12.3. The molecule has 1 unspecified atom stereocenters. The number of rotatable bonds is 10. The number of nitrogens with zero attached hydrogens (tertiary/aromatic N) is 3. The van der Waals surface area contributed by atoms with E-state index in [-0.39, 0.29) is 18.3 Å². The molecular formula is C25H37N5O3. The predicted molar refractivity (Wildman–Crippen MR) is 130 cm³/mol. The van der Waals surface area contributed by atoms with Crippen LogP contribution in [0.3, 0.4) is 0 Å². The largest absolute Gasteiger partial charge is 0.465 e. The van der Waals surface area contributed by atoms with E-state index in [1.54, 1.807) is 0 Å². The molecular weight excluding hydrogens is 418 g/mol. The fraction of sp³-hybridized carbons (Fsp3) is 0.560. The van der Waals surface area contributed by atoms with Crippen LogP contribution in [-0.4, -0.2) is 65.3 Å². The van der Waals surface area contributed by atoms with Gasteiger partial charge in [-0.25, -0.2) is 4.98 Å². The van der Waals surface area contributed by atoms with Crippen molar-refractivity contribution in [3.63, 3.8) is 0 Å². The lowest BCUT2D eigenvalue weighted by Gasteiger charge is -2.28. The first-order valence-corrected chi connectivity index (χ1v) is 11.8. The molecule has 8 nitrogen and oxygen atoms in total. The molecule has 1 aliphatic heterocycles. The zero-order chi connectivity index (χ0) is 23.8. The van der Waals surface area contributed by atoms with Crippen LogP contribution in [0.2, 0.25) is 0 Å². The first-order chi connectivity index (χ1) is 15.8. The van der Waals surface area contributed by atoms with E-state index >= 15 is 0 Å². The van der Waals surface area contributed by atoms with E-state index in [2.05, 4.69) is 27.2 Å². The number of benzene rings is 1. The SMILES string of the molecule is CCC(O)CNc1nc(N)nc(C)c1Cc1ccc(CC(=O)OCC2CCN(C)CC2)cc1. The summed E-state index contributed by atoms with van der Waals surface area (Å²) in [6.45, 7) is 6.89. The number of aliphatic hydroxyl groups excluding tert-OH is 1. The normalized spacial score (nSPS) is 15.9. The molecule has 1 aliphatic rings. The van der Waals surface area contributed by atoms with E-state index in [0.717, 1.165) is 48.3 Å². The van der Waals surface area contributed by atoms with Gasteiger partial charge in [0.15, 0.2) is 0 Å². The van der Waals surface area contributed by atoms with Crippen LogP contribution in [0.4, 0.5) is 11.8 Å². The number of anilines is 2. The third-order valence-corrected chi connectivity index (χ3v) is 6.28. The third kappa shape index (κ3) is 7.68. The summed E-state index contributed by atoms with van der Waals surface area (Å²) in [4.78, 5) is 23.2. The van der Waals surface area contributed by atoms with Crippen LogP contribution in [0.1, 0.15) is 48.6 Å². The van der Waals surface area contributed by atoms with Gasteiger partial charge in [0.2, 0.25) is 5.95 Å². The number of likely N-dealkylation sites (tertiary alicyclic amines) is 1. The van der Waals surface area contributed by atoms with E-state index in [1.165, 1.54) is 0 Å². The number of nitrogen functional groups attached to an aromatic ring is 1. The number of aryl methyl sites for hydroxylation is 1. The van der Waals surface area contributed by atoms with Gasteiger partial charge < -0.3 is 25.8 Å². The average Bonchev–Trinajstić information content (AvgIpc) is 2.80. The Bertz CT molecular complexity index is 911. The van der Waals surface area contributed by atoms with Gasteiger partial charge in [0.1, 0.15) is 5.82 Å². The van der Waals surface area contributed by atoms with Gasteiger partial charge in [-0.1, -0.05) is 31.2 Å². The van der Waals surface area contributed by atoms with Crippen molar-refractivity contribution in [3.05, 3.63) is 46.6 Å². The number of carbonyl (C=O) groups is 1. The number of hydrogen-bond donors (Lipinski definition) is 3. The summed E-state index contributed by atoms with van der Waals surface area (Å²) in [6.07, 6.45) is 3.27. The van der Waals surface area contributed by atoms with E-state index in [0.29, 0.717) is 37.7 Å². The summed E-state index contributed by atoms with van der Waals surface area (Å²) in [7, 11) is 2.13. The lowest BCUT2D eigenvalue weighted by Crippen LogP contribution is -2.32. The second-order valence-electron chi connectivity index (χ2n) is 9.04. The Hall–Kier alpha value is -2.71. The van der Waals surface area contributed by atoms with E-state index in [4.69, 9.17) is 10.5 Å². The number of piperidine rings is 1. The molecule has 1 atom stereocenters. The number of esters is 1. The quantitative estimate of drug-likeness (QED) is 0.469. The van der Waals surface area contributed by atoms with Gasteiger partial charge in [-0.3, -0.25) is 4.79 Å². The molecule has 4 N–H and O–H groups in total. The summed E-state index contributed by atoms with van der Waals surface area (Å²) < 4.78 is 5.53. The zero-order valence-corrected chi connectivity index (χ0v) is 20.0. The molecule has 1 aromatic heterocycles. The minimum atomic E-state index is -0.451. The van der Waals surface area contributed by atoms with Gasteiger partial charge >= 0.3 is 5.97 Å². The van der Waals surface area contributed by atoms with Crippen LogP contribution in [-0.2, 0) is 22.4 Å². The van der Waals surface area contributed by atoms with Gasteiger partial charge in [0, 0.05) is 24.2 Å². The standard InChI is InChI=1S/C25H37N5O3/c1-4-21(31)15-27-24-22(17(2)28-25(26)29-24)13-18-5-7-19(8-6-18)14-23(32)33-16-20-9-11-30(3)12-10-20/h5-8,20-21,31H,4,9-16H2,1-3H3,(H3,26,27,28,29). The maximum atomic E-state index is 12.3. The predicted octanol–water partition coefficient (Wildman–Crippen LogP) is 2.57. The second-order valence-corrected chi connectivity index (χ2v) is 9.04. The number of hydrogen-bond acceptors (Lipinski definition) is 8.